The van der Waals surface area contributed by atoms with E-state index in [1.807, 2.05) is 37.3 Å². The van der Waals surface area contributed by atoms with E-state index in [9.17, 15) is 10.1 Å². The van der Waals surface area contributed by atoms with Crippen molar-refractivity contribution in [3.63, 3.8) is 0 Å². The van der Waals surface area contributed by atoms with Crippen molar-refractivity contribution in [1.82, 2.24) is 0 Å². The van der Waals surface area contributed by atoms with Gasteiger partial charge in [0.2, 0.25) is 0 Å². The number of halogens is 1. The molecule has 0 saturated carbocycles. The van der Waals surface area contributed by atoms with Gasteiger partial charge in [-0.2, -0.15) is 5.26 Å². The van der Waals surface area contributed by atoms with Crippen molar-refractivity contribution in [3.8, 4) is 29.9 Å². The van der Waals surface area contributed by atoms with E-state index in [0.717, 1.165) is 5.56 Å². The van der Waals surface area contributed by atoms with Crippen LogP contribution in [0.5, 0.6) is 11.5 Å². The summed E-state index contributed by atoms with van der Waals surface area (Å²) in [4.78, 5) is 12.6. The van der Waals surface area contributed by atoms with Crippen molar-refractivity contribution in [1.29, 1.82) is 5.26 Å². The normalized spacial score (nSPS) is 10.6. The summed E-state index contributed by atoms with van der Waals surface area (Å²) in [6, 6.07) is 21.9. The predicted molar refractivity (Wildman–Crippen MR) is 130 cm³/mol. The number of carbonyl (C=O) groups is 1. The van der Waals surface area contributed by atoms with E-state index in [-0.39, 0.29) is 12.2 Å². The van der Waals surface area contributed by atoms with E-state index in [4.69, 9.17) is 27.5 Å². The molecule has 1 N–H and O–H groups in total. The summed E-state index contributed by atoms with van der Waals surface area (Å²) in [6.45, 7) is 2.58. The standard InChI is InChI=1S/C27H21ClN2O3/c1-3-14-32-26-13-8-21(16-25(26)28)15-22(17-29)27(31)30-23-9-11-24(12-10-23)33-18-20-6-4-19(2)5-7-20/h1,4-13,15-16H,14,18H2,2H3,(H,30,31)/b22-15+. The van der Waals surface area contributed by atoms with Crippen LogP contribution in [0.15, 0.2) is 72.3 Å². The molecule has 0 aromatic heterocycles. The minimum Gasteiger partial charge on any atom is -0.489 e. The highest BCUT2D eigenvalue weighted by Gasteiger charge is 2.11. The number of nitrogens with zero attached hydrogens (tertiary/aromatic N) is 1. The molecule has 0 unspecified atom stereocenters. The molecule has 0 aliphatic heterocycles. The second-order valence-corrected chi connectivity index (χ2v) is 7.51. The molecular formula is C27H21ClN2O3. The zero-order valence-electron chi connectivity index (χ0n) is 18.0. The van der Waals surface area contributed by atoms with Crippen LogP contribution in [-0.4, -0.2) is 12.5 Å². The molecule has 0 radical (unpaired) electrons. The minimum atomic E-state index is -0.533. The average molecular weight is 457 g/mol. The number of carbonyl (C=O) groups excluding carboxylic acids is 1. The van der Waals surface area contributed by atoms with Crippen LogP contribution < -0.4 is 14.8 Å². The predicted octanol–water partition coefficient (Wildman–Crippen LogP) is 5.79. The number of ether oxygens (including phenoxy) is 2. The molecule has 5 nitrogen and oxygen atoms in total. The molecule has 164 valence electrons. The summed E-state index contributed by atoms with van der Waals surface area (Å²) >= 11 is 6.17. The summed E-state index contributed by atoms with van der Waals surface area (Å²) in [5.74, 6) is 2.93. The number of hydrogen-bond acceptors (Lipinski definition) is 4. The van der Waals surface area contributed by atoms with Gasteiger partial charge in [-0.1, -0.05) is 53.4 Å². The van der Waals surface area contributed by atoms with Crippen LogP contribution in [0.3, 0.4) is 0 Å². The van der Waals surface area contributed by atoms with Gasteiger partial charge < -0.3 is 14.8 Å². The number of anilines is 1. The van der Waals surface area contributed by atoms with E-state index in [2.05, 4.69) is 11.2 Å². The van der Waals surface area contributed by atoms with Gasteiger partial charge >= 0.3 is 0 Å². The molecule has 0 fully saturated rings. The second kappa shape index (κ2) is 11.4. The number of amides is 1. The zero-order chi connectivity index (χ0) is 23.6. The Kier molecular flexibility index (Phi) is 8.13. The molecule has 3 rings (SSSR count). The summed E-state index contributed by atoms with van der Waals surface area (Å²) < 4.78 is 11.1. The van der Waals surface area contributed by atoms with Crippen LogP contribution in [0.4, 0.5) is 5.69 Å². The third-order valence-corrected chi connectivity index (χ3v) is 4.88. The lowest BCUT2D eigenvalue weighted by molar-refractivity contribution is -0.112. The van der Waals surface area contributed by atoms with Crippen LogP contribution in [0.25, 0.3) is 6.08 Å². The van der Waals surface area contributed by atoms with Gasteiger partial charge in [0.15, 0.2) is 0 Å². The first-order valence-corrected chi connectivity index (χ1v) is 10.4. The highest BCUT2D eigenvalue weighted by Crippen LogP contribution is 2.26. The number of rotatable bonds is 8. The summed E-state index contributed by atoms with van der Waals surface area (Å²) in [7, 11) is 0. The van der Waals surface area contributed by atoms with Gasteiger partial charge in [-0.05, 0) is 60.5 Å². The Morgan fingerprint density at radius 3 is 2.45 bits per heavy atom. The zero-order valence-corrected chi connectivity index (χ0v) is 18.7. The molecule has 0 spiro atoms. The minimum absolute atomic E-state index is 0.0666. The van der Waals surface area contributed by atoms with E-state index in [0.29, 0.717) is 34.4 Å². The van der Waals surface area contributed by atoms with E-state index < -0.39 is 5.91 Å². The maximum atomic E-state index is 12.6. The maximum Gasteiger partial charge on any atom is 0.266 e. The van der Waals surface area contributed by atoms with Gasteiger partial charge in [-0.15, -0.1) is 6.42 Å². The SMILES string of the molecule is C#CCOc1ccc(/C=C(\C#N)C(=O)Nc2ccc(OCc3ccc(C)cc3)cc2)cc1Cl. The molecule has 0 atom stereocenters. The first-order valence-electron chi connectivity index (χ1n) is 10.1. The van der Waals surface area contributed by atoms with Gasteiger partial charge in [0, 0.05) is 5.69 Å². The van der Waals surface area contributed by atoms with Crippen molar-refractivity contribution < 1.29 is 14.3 Å². The van der Waals surface area contributed by atoms with Gasteiger partial charge in [-0.3, -0.25) is 4.79 Å². The Bertz CT molecular complexity index is 1230. The van der Waals surface area contributed by atoms with Crippen molar-refractivity contribution in [3.05, 3.63) is 94.0 Å². The largest absolute Gasteiger partial charge is 0.489 e. The number of nitrogens with one attached hydrogen (secondary N) is 1. The van der Waals surface area contributed by atoms with E-state index in [1.54, 1.807) is 42.5 Å². The number of hydrogen-bond donors (Lipinski definition) is 1. The van der Waals surface area contributed by atoms with Crippen LogP contribution in [0, 0.1) is 30.6 Å². The first-order chi connectivity index (χ1) is 16.0. The topological polar surface area (TPSA) is 71.3 Å². The fraction of sp³-hybridized carbons (Fsp3) is 0.111. The van der Waals surface area contributed by atoms with Gasteiger partial charge in [0.1, 0.15) is 36.4 Å². The third-order valence-electron chi connectivity index (χ3n) is 4.58. The third kappa shape index (κ3) is 6.90. The lowest BCUT2D eigenvalue weighted by atomic mass is 10.1. The fourth-order valence-corrected chi connectivity index (χ4v) is 3.09. The van der Waals surface area contributed by atoms with Gasteiger partial charge in [-0.25, -0.2) is 0 Å². The smallest absolute Gasteiger partial charge is 0.266 e. The average Bonchev–Trinajstić information content (AvgIpc) is 2.82. The lowest BCUT2D eigenvalue weighted by Crippen LogP contribution is -2.13. The first kappa shape index (κ1) is 23.5. The Morgan fingerprint density at radius 2 is 1.82 bits per heavy atom. The Hall–Kier alpha value is -4.19. The number of benzene rings is 3. The monoisotopic (exact) mass is 456 g/mol. The number of nitriles is 1. The molecule has 6 heteroatoms. The quantitative estimate of drug-likeness (QED) is 0.265. The summed E-state index contributed by atoms with van der Waals surface area (Å²) in [6.07, 6.45) is 6.62. The van der Waals surface area contributed by atoms with Crippen LogP contribution >= 0.6 is 11.6 Å². The molecule has 3 aromatic carbocycles. The Morgan fingerprint density at radius 1 is 1.09 bits per heavy atom. The highest BCUT2D eigenvalue weighted by molar-refractivity contribution is 6.32. The van der Waals surface area contributed by atoms with Crippen LogP contribution in [0.2, 0.25) is 5.02 Å². The fourth-order valence-electron chi connectivity index (χ4n) is 2.84. The van der Waals surface area contributed by atoms with Crippen molar-refractivity contribution >= 4 is 29.3 Å². The molecular weight excluding hydrogens is 436 g/mol. The van der Waals surface area contributed by atoms with Crippen molar-refractivity contribution in [2.24, 2.45) is 0 Å². The molecule has 33 heavy (non-hydrogen) atoms. The molecule has 3 aromatic rings. The van der Waals surface area contributed by atoms with Gasteiger partial charge in [0.05, 0.1) is 5.02 Å². The molecule has 0 aliphatic carbocycles. The molecule has 0 bridgehead atoms. The van der Waals surface area contributed by atoms with E-state index in [1.165, 1.54) is 11.6 Å². The van der Waals surface area contributed by atoms with Crippen molar-refractivity contribution in [2.45, 2.75) is 13.5 Å². The Labute approximate surface area is 198 Å². The van der Waals surface area contributed by atoms with Crippen LogP contribution in [0.1, 0.15) is 16.7 Å². The number of aryl methyl sites for hydroxylation is 1. The second-order valence-electron chi connectivity index (χ2n) is 7.11. The molecule has 0 heterocycles. The van der Waals surface area contributed by atoms with Gasteiger partial charge in [0.25, 0.3) is 5.91 Å². The molecule has 1 amide bonds. The molecule has 0 aliphatic rings. The van der Waals surface area contributed by atoms with E-state index >= 15 is 0 Å². The maximum absolute atomic E-state index is 12.6. The molecule has 0 saturated heterocycles. The van der Waals surface area contributed by atoms with Crippen LogP contribution in [-0.2, 0) is 11.4 Å². The Balaban J connectivity index is 1.62. The number of terminal acetylenes is 1. The summed E-state index contributed by atoms with van der Waals surface area (Å²) in [5, 5.41) is 12.5. The summed E-state index contributed by atoms with van der Waals surface area (Å²) in [5.41, 5.74) is 3.32. The van der Waals surface area contributed by atoms with Crippen molar-refractivity contribution in [2.75, 3.05) is 11.9 Å². The lowest BCUT2D eigenvalue weighted by Gasteiger charge is -2.09. The highest BCUT2D eigenvalue weighted by atomic mass is 35.5.